The second-order valence-electron chi connectivity index (χ2n) is 6.34. The molecule has 0 aliphatic carbocycles. The van der Waals surface area contributed by atoms with Crippen LogP contribution >= 0.6 is 11.6 Å². The number of halogens is 4. The smallest absolute Gasteiger partial charge is 0.417 e. The summed E-state index contributed by atoms with van der Waals surface area (Å²) in [4.78, 5) is 36.0. The summed E-state index contributed by atoms with van der Waals surface area (Å²) in [5, 5.41) is -0.676. The van der Waals surface area contributed by atoms with Crippen molar-refractivity contribution >= 4 is 23.4 Å². The van der Waals surface area contributed by atoms with Crippen LogP contribution in [-0.2, 0) is 22.3 Å². The molecule has 28 heavy (non-hydrogen) atoms. The maximum atomic E-state index is 12.8. The van der Waals surface area contributed by atoms with E-state index in [0.717, 1.165) is 11.1 Å². The van der Waals surface area contributed by atoms with Crippen LogP contribution in [0.3, 0.4) is 0 Å². The first-order valence-electron chi connectivity index (χ1n) is 8.14. The van der Waals surface area contributed by atoms with Gasteiger partial charge >= 0.3 is 12.1 Å². The van der Waals surface area contributed by atoms with Gasteiger partial charge in [0.25, 0.3) is 5.56 Å². The van der Waals surface area contributed by atoms with E-state index in [2.05, 4.69) is 0 Å². The highest BCUT2D eigenvalue weighted by molar-refractivity contribution is 6.30. The number of aryl methyl sites for hydroxylation is 3. The molecule has 0 unspecified atom stereocenters. The van der Waals surface area contributed by atoms with E-state index >= 15 is 0 Å². The fourth-order valence-electron chi connectivity index (χ4n) is 2.54. The molecule has 0 bridgehead atoms. The molecule has 0 spiro atoms. The highest BCUT2D eigenvalue weighted by Gasteiger charge is 2.32. The molecule has 0 aliphatic rings. The van der Waals surface area contributed by atoms with Gasteiger partial charge in [-0.25, -0.2) is 0 Å². The normalized spacial score (nSPS) is 11.4. The Morgan fingerprint density at radius 3 is 2.29 bits per heavy atom. The third-order valence-corrected chi connectivity index (χ3v) is 4.45. The van der Waals surface area contributed by atoms with E-state index < -0.39 is 47.2 Å². The van der Waals surface area contributed by atoms with Crippen LogP contribution in [0.4, 0.5) is 13.2 Å². The number of Topliss-reactive ketones (excluding diaryl/α,β-unsaturated/α-hetero) is 1. The summed E-state index contributed by atoms with van der Waals surface area (Å²) in [6, 6.07) is 3.99. The van der Waals surface area contributed by atoms with Gasteiger partial charge in [-0.3, -0.25) is 14.4 Å². The molecule has 0 radical (unpaired) electrons. The number of pyridine rings is 1. The topological polar surface area (TPSA) is 65.4 Å². The zero-order chi connectivity index (χ0) is 21.2. The molecule has 1 aromatic carbocycles. The maximum absolute atomic E-state index is 12.8. The molecule has 0 N–H and O–H groups in total. The minimum Gasteiger partial charge on any atom is -0.456 e. The highest BCUT2D eigenvalue weighted by atomic mass is 35.5. The maximum Gasteiger partial charge on any atom is 0.417 e. The average molecular weight is 416 g/mol. The Balaban J connectivity index is 2.11. The number of carbonyl (C=O) groups is 2. The third kappa shape index (κ3) is 5.01. The quantitative estimate of drug-likeness (QED) is 0.549. The summed E-state index contributed by atoms with van der Waals surface area (Å²) in [6.45, 7) is 4.08. The van der Waals surface area contributed by atoms with Gasteiger partial charge in [-0.05, 0) is 49.6 Å². The lowest BCUT2D eigenvalue weighted by Gasteiger charge is -2.12. The first kappa shape index (κ1) is 21.7. The van der Waals surface area contributed by atoms with Crippen molar-refractivity contribution in [3.05, 3.63) is 67.6 Å². The second-order valence-corrected chi connectivity index (χ2v) is 6.75. The van der Waals surface area contributed by atoms with Gasteiger partial charge < -0.3 is 9.30 Å². The van der Waals surface area contributed by atoms with E-state index in [9.17, 15) is 27.6 Å². The van der Waals surface area contributed by atoms with Crippen LogP contribution in [0.5, 0.6) is 0 Å². The number of ketones is 1. The first-order valence-corrected chi connectivity index (χ1v) is 8.51. The number of rotatable bonds is 5. The van der Waals surface area contributed by atoms with E-state index in [-0.39, 0.29) is 0 Å². The van der Waals surface area contributed by atoms with Crippen molar-refractivity contribution in [2.75, 3.05) is 6.61 Å². The highest BCUT2D eigenvalue weighted by Crippen LogP contribution is 2.29. The zero-order valence-electron chi connectivity index (χ0n) is 15.3. The fourth-order valence-corrected chi connectivity index (χ4v) is 2.77. The largest absolute Gasteiger partial charge is 0.456 e. The lowest BCUT2D eigenvalue weighted by molar-refractivity contribution is -0.144. The average Bonchev–Trinajstić information content (AvgIpc) is 2.58. The Hall–Kier alpha value is -2.61. The SMILES string of the molecule is Cc1cc(C)c(C(=O)COC(=O)Cn2cc(C(F)(F)F)cc(Cl)c2=O)cc1C. The van der Waals surface area contributed by atoms with Crippen LogP contribution in [0.25, 0.3) is 0 Å². The lowest BCUT2D eigenvalue weighted by Crippen LogP contribution is -2.28. The lowest BCUT2D eigenvalue weighted by atomic mass is 9.98. The van der Waals surface area contributed by atoms with E-state index in [0.29, 0.717) is 28.0 Å². The summed E-state index contributed by atoms with van der Waals surface area (Å²) < 4.78 is 43.8. The van der Waals surface area contributed by atoms with Crippen molar-refractivity contribution in [3.63, 3.8) is 0 Å². The molecule has 1 aromatic heterocycles. The molecule has 1 heterocycles. The van der Waals surface area contributed by atoms with Gasteiger partial charge in [0.15, 0.2) is 6.61 Å². The molecule has 0 amide bonds. The molecule has 0 saturated carbocycles. The number of aromatic nitrogens is 1. The summed E-state index contributed by atoms with van der Waals surface area (Å²) >= 11 is 5.52. The molecule has 0 fully saturated rings. The van der Waals surface area contributed by atoms with Crippen molar-refractivity contribution < 1.29 is 27.5 Å². The van der Waals surface area contributed by atoms with Crippen LogP contribution in [0.2, 0.25) is 5.02 Å². The Bertz CT molecular complexity index is 996. The molecule has 0 saturated heterocycles. The van der Waals surface area contributed by atoms with Gasteiger partial charge in [0, 0.05) is 11.8 Å². The summed E-state index contributed by atoms with van der Waals surface area (Å²) in [7, 11) is 0. The Kier molecular flexibility index (Phi) is 6.34. The monoisotopic (exact) mass is 415 g/mol. The molecular formula is C19H17ClF3NO4. The number of nitrogens with zero attached hydrogens (tertiary/aromatic N) is 1. The van der Waals surface area contributed by atoms with Crippen molar-refractivity contribution in [2.24, 2.45) is 0 Å². The van der Waals surface area contributed by atoms with E-state index in [1.807, 2.05) is 19.9 Å². The van der Waals surface area contributed by atoms with Crippen molar-refractivity contribution in [1.82, 2.24) is 4.57 Å². The predicted molar refractivity (Wildman–Crippen MR) is 96.7 cm³/mol. The summed E-state index contributed by atoms with van der Waals surface area (Å²) in [5.74, 6) is -1.49. The van der Waals surface area contributed by atoms with Crippen LogP contribution in [-0.4, -0.2) is 22.9 Å². The van der Waals surface area contributed by atoms with Crippen molar-refractivity contribution in [2.45, 2.75) is 33.5 Å². The molecule has 0 aliphatic heterocycles. The van der Waals surface area contributed by atoms with Gasteiger partial charge in [-0.2, -0.15) is 13.2 Å². The van der Waals surface area contributed by atoms with E-state index in [1.165, 1.54) is 0 Å². The minimum atomic E-state index is -4.74. The molecule has 2 aromatic rings. The number of hydrogen-bond acceptors (Lipinski definition) is 4. The predicted octanol–water partition coefficient (Wildman–Crippen LogP) is 3.87. The van der Waals surface area contributed by atoms with Crippen molar-refractivity contribution in [1.29, 1.82) is 0 Å². The van der Waals surface area contributed by atoms with E-state index in [1.54, 1.807) is 13.0 Å². The van der Waals surface area contributed by atoms with E-state index in [4.69, 9.17) is 16.3 Å². The molecule has 0 atom stereocenters. The van der Waals surface area contributed by atoms with Gasteiger partial charge in [0.2, 0.25) is 5.78 Å². The second kappa shape index (κ2) is 8.18. The van der Waals surface area contributed by atoms with Crippen LogP contribution in [0.1, 0.15) is 32.6 Å². The third-order valence-electron chi connectivity index (χ3n) is 4.17. The van der Waals surface area contributed by atoms with Gasteiger partial charge in [-0.1, -0.05) is 17.7 Å². The molecule has 9 heteroatoms. The summed E-state index contributed by atoms with van der Waals surface area (Å²) in [6.07, 6.45) is -4.26. The standard InChI is InChI=1S/C19H17ClF3NO4/c1-10-4-12(3)14(5-11(10)2)16(25)9-28-17(26)8-24-7-13(19(21,22)23)6-15(20)18(24)27/h4-7H,8-9H2,1-3H3. The van der Waals surface area contributed by atoms with Crippen LogP contribution in [0.15, 0.2) is 29.2 Å². The van der Waals surface area contributed by atoms with Crippen LogP contribution < -0.4 is 5.56 Å². The zero-order valence-corrected chi connectivity index (χ0v) is 16.1. The first-order chi connectivity index (χ1) is 12.9. The molecular weight excluding hydrogens is 399 g/mol. The van der Waals surface area contributed by atoms with Crippen molar-refractivity contribution in [3.8, 4) is 0 Å². The molecule has 150 valence electrons. The molecule has 2 rings (SSSR count). The number of alkyl halides is 3. The number of ether oxygens (including phenoxy) is 1. The number of esters is 1. The number of carbonyl (C=O) groups excluding carboxylic acids is 2. The molecule has 5 nitrogen and oxygen atoms in total. The Morgan fingerprint density at radius 2 is 1.68 bits per heavy atom. The van der Waals surface area contributed by atoms with Gasteiger partial charge in [-0.15, -0.1) is 0 Å². The minimum absolute atomic E-state index is 0.384. The van der Waals surface area contributed by atoms with Gasteiger partial charge in [0.05, 0.1) is 5.56 Å². The summed E-state index contributed by atoms with van der Waals surface area (Å²) in [5.41, 5.74) is 0.854. The Labute approximate surface area is 163 Å². The van der Waals surface area contributed by atoms with Crippen LogP contribution in [0, 0.1) is 20.8 Å². The van der Waals surface area contributed by atoms with Gasteiger partial charge in [0.1, 0.15) is 11.6 Å². The number of benzene rings is 1. The Morgan fingerprint density at radius 1 is 1.07 bits per heavy atom. The fraction of sp³-hybridized carbons (Fsp3) is 0.316. The number of hydrogen-bond donors (Lipinski definition) is 0.